The van der Waals surface area contributed by atoms with Gasteiger partial charge in [0.05, 0.1) is 11.6 Å². The number of aryl methyl sites for hydroxylation is 1. The van der Waals surface area contributed by atoms with Crippen LogP contribution in [-0.2, 0) is 26.2 Å². The third-order valence-corrected chi connectivity index (χ3v) is 10.9. The van der Waals surface area contributed by atoms with Gasteiger partial charge >= 0.3 is 0 Å². The maximum atomic E-state index is 13.9. The molecular formula is C30H35Cl2N7O5S. The van der Waals surface area contributed by atoms with Crippen LogP contribution in [0, 0.1) is 12.3 Å². The number of benzene rings is 2. The molecule has 2 saturated heterocycles. The van der Waals surface area contributed by atoms with Crippen LogP contribution in [-0.4, -0.2) is 78.6 Å². The zero-order chi connectivity index (χ0) is 32.3. The number of amides is 2. The molecule has 3 heterocycles. The quantitative estimate of drug-likeness (QED) is 0.198. The molecule has 2 aliphatic heterocycles. The second-order valence-corrected chi connectivity index (χ2v) is 13.8. The van der Waals surface area contributed by atoms with E-state index in [2.05, 4.69) is 15.6 Å². The number of nitrogens with one attached hydrogen (secondary N) is 3. The number of fused-ring (bicyclic) bond motifs is 1. The minimum atomic E-state index is -4.17. The van der Waals surface area contributed by atoms with Crippen LogP contribution < -0.4 is 21.1 Å². The summed E-state index contributed by atoms with van der Waals surface area (Å²) in [5.41, 5.74) is 7.05. The fourth-order valence-corrected chi connectivity index (χ4v) is 8.18. The molecule has 0 spiro atoms. The van der Waals surface area contributed by atoms with Crippen molar-refractivity contribution in [3.63, 3.8) is 0 Å². The fraction of sp³-hybridized carbons (Fsp3) is 0.400. The number of para-hydroxylation sites is 1. The number of halogens is 2. The average Bonchev–Trinajstić information content (AvgIpc) is 3.52. The highest BCUT2D eigenvalue weighted by Crippen LogP contribution is 2.36. The number of hydrogen-bond acceptors (Lipinski definition) is 7. The molecule has 0 radical (unpaired) electrons. The zero-order valence-corrected chi connectivity index (χ0v) is 27.0. The van der Waals surface area contributed by atoms with E-state index in [1.165, 1.54) is 16.4 Å². The number of carbonyl (C=O) groups excluding carboxylic acids is 2. The Morgan fingerprint density at radius 3 is 2.58 bits per heavy atom. The Labute approximate surface area is 271 Å². The molecule has 0 bridgehead atoms. The third-order valence-electron chi connectivity index (χ3n) is 8.06. The maximum absolute atomic E-state index is 13.9. The largest absolute Gasteiger partial charge is 0.487 e. The van der Waals surface area contributed by atoms with Gasteiger partial charge in [-0.2, -0.15) is 4.31 Å². The lowest BCUT2D eigenvalue weighted by Crippen LogP contribution is -2.53. The number of carbonyl (C=O) groups is 2. The summed E-state index contributed by atoms with van der Waals surface area (Å²) in [5, 5.41) is 13.8. The molecule has 2 amide bonds. The maximum Gasteiger partial charge on any atom is 0.245 e. The smallest absolute Gasteiger partial charge is 0.245 e. The van der Waals surface area contributed by atoms with E-state index < -0.39 is 16.1 Å². The van der Waals surface area contributed by atoms with Crippen molar-refractivity contribution < 1.29 is 22.7 Å². The Morgan fingerprint density at radius 1 is 1.09 bits per heavy atom. The van der Waals surface area contributed by atoms with Gasteiger partial charge in [0.25, 0.3) is 0 Å². The van der Waals surface area contributed by atoms with Crippen LogP contribution in [0.4, 0.5) is 0 Å². The number of ether oxygens (including phenoxy) is 1. The van der Waals surface area contributed by atoms with Crippen molar-refractivity contribution in [1.82, 2.24) is 24.8 Å². The third kappa shape index (κ3) is 7.27. The number of sulfonamides is 1. The molecule has 1 aromatic heterocycles. The molecule has 3 aromatic rings. The first-order chi connectivity index (χ1) is 21.5. The number of guanidine groups is 1. The normalized spacial score (nSPS) is 17.8. The van der Waals surface area contributed by atoms with E-state index in [0.29, 0.717) is 55.6 Å². The highest BCUT2D eigenvalue weighted by molar-refractivity contribution is 7.89. The summed E-state index contributed by atoms with van der Waals surface area (Å²) in [6, 6.07) is 11.1. The summed E-state index contributed by atoms with van der Waals surface area (Å²) >= 11 is 13.2. The van der Waals surface area contributed by atoms with Gasteiger partial charge in [0.15, 0.2) is 5.96 Å². The van der Waals surface area contributed by atoms with Gasteiger partial charge in [0.2, 0.25) is 21.8 Å². The number of hydrogen-bond donors (Lipinski definition) is 4. The monoisotopic (exact) mass is 675 g/mol. The minimum absolute atomic E-state index is 0.0609. The standard InChI is InChI=1S/C30H35Cl2N7O5S/c1-18-7-8-19-4-2-6-24(28(19)36-18)44-17-21-22(31)9-10-25(27(21)32)45(42,43)39-13-3-5-23(39)29(41)37-20-11-14-38(15-12-20)26(40)16-35-30(33)34/h2,4,6-10,20,23H,3,5,11-17H2,1H3,(H,37,41)(H4,33,34,35)/t23-/m0/s1. The molecular weight excluding hydrogens is 641 g/mol. The van der Waals surface area contributed by atoms with E-state index in [9.17, 15) is 18.0 Å². The van der Waals surface area contributed by atoms with Crippen LogP contribution >= 0.6 is 23.2 Å². The number of piperidine rings is 1. The van der Waals surface area contributed by atoms with Crippen molar-refractivity contribution in [2.24, 2.45) is 5.73 Å². The Morgan fingerprint density at radius 2 is 1.84 bits per heavy atom. The summed E-state index contributed by atoms with van der Waals surface area (Å²) in [6.45, 7) is 2.75. The molecule has 2 aliphatic rings. The van der Waals surface area contributed by atoms with E-state index in [-0.39, 0.29) is 58.5 Å². The number of nitrogens with zero attached hydrogens (tertiary/aromatic N) is 3. The summed E-state index contributed by atoms with van der Waals surface area (Å²) in [7, 11) is -4.17. The van der Waals surface area contributed by atoms with E-state index in [1.54, 1.807) is 11.0 Å². The summed E-state index contributed by atoms with van der Waals surface area (Å²) in [5.74, 6) is -0.335. The van der Waals surface area contributed by atoms with Gasteiger partial charge in [-0.05, 0) is 56.9 Å². The summed E-state index contributed by atoms with van der Waals surface area (Å²) in [6.07, 6.45) is 1.93. The Bertz CT molecular complexity index is 1730. The molecule has 0 saturated carbocycles. The first kappa shape index (κ1) is 32.7. The fourth-order valence-electron chi connectivity index (χ4n) is 5.66. The highest BCUT2D eigenvalue weighted by Gasteiger charge is 2.41. The second kappa shape index (κ2) is 13.8. The number of rotatable bonds is 9. The van der Waals surface area contributed by atoms with E-state index >= 15 is 0 Å². The molecule has 0 aliphatic carbocycles. The van der Waals surface area contributed by atoms with Crippen LogP contribution in [0.3, 0.4) is 0 Å². The van der Waals surface area contributed by atoms with Crippen molar-refractivity contribution in [2.75, 3.05) is 26.2 Å². The molecule has 15 heteroatoms. The summed E-state index contributed by atoms with van der Waals surface area (Å²) in [4.78, 5) is 31.7. The van der Waals surface area contributed by atoms with Crippen molar-refractivity contribution in [2.45, 2.75) is 56.2 Å². The number of aromatic nitrogens is 1. The van der Waals surface area contributed by atoms with Gasteiger partial charge in [0.1, 0.15) is 28.8 Å². The lowest BCUT2D eigenvalue weighted by atomic mass is 10.0. The lowest BCUT2D eigenvalue weighted by molar-refractivity contribution is -0.131. The van der Waals surface area contributed by atoms with Crippen LogP contribution in [0.25, 0.3) is 10.9 Å². The molecule has 5 N–H and O–H groups in total. The zero-order valence-electron chi connectivity index (χ0n) is 24.7. The molecule has 0 unspecified atom stereocenters. The molecule has 5 rings (SSSR count). The molecule has 240 valence electrons. The van der Waals surface area contributed by atoms with Crippen molar-refractivity contribution in [3.05, 3.63) is 63.8 Å². The number of pyridine rings is 1. The molecule has 2 fully saturated rings. The van der Waals surface area contributed by atoms with Gasteiger partial charge in [-0.3, -0.25) is 15.0 Å². The average molecular weight is 677 g/mol. The predicted octanol–water partition coefficient (Wildman–Crippen LogP) is 3.17. The molecule has 2 aromatic carbocycles. The van der Waals surface area contributed by atoms with Gasteiger partial charge in [-0.15, -0.1) is 0 Å². The Hall–Kier alpha value is -3.65. The van der Waals surface area contributed by atoms with E-state index in [1.807, 2.05) is 31.2 Å². The number of likely N-dealkylation sites (tertiary alicyclic amines) is 1. The van der Waals surface area contributed by atoms with E-state index in [0.717, 1.165) is 11.1 Å². The second-order valence-electron chi connectivity index (χ2n) is 11.1. The van der Waals surface area contributed by atoms with Crippen LogP contribution in [0.5, 0.6) is 5.75 Å². The first-order valence-electron chi connectivity index (χ1n) is 14.6. The van der Waals surface area contributed by atoms with Crippen molar-refractivity contribution >= 4 is 61.9 Å². The van der Waals surface area contributed by atoms with Crippen LogP contribution in [0.15, 0.2) is 47.4 Å². The van der Waals surface area contributed by atoms with Gasteiger partial charge < -0.3 is 26.0 Å². The Kier molecular flexibility index (Phi) is 10.0. The lowest BCUT2D eigenvalue weighted by Gasteiger charge is -2.33. The molecule has 45 heavy (non-hydrogen) atoms. The van der Waals surface area contributed by atoms with Gasteiger partial charge in [-0.1, -0.05) is 41.4 Å². The number of nitrogens with two attached hydrogens (primary N) is 1. The topological polar surface area (TPSA) is 171 Å². The van der Waals surface area contributed by atoms with E-state index in [4.69, 9.17) is 39.1 Å². The van der Waals surface area contributed by atoms with Crippen molar-refractivity contribution in [1.29, 1.82) is 5.41 Å². The van der Waals surface area contributed by atoms with Gasteiger partial charge in [0, 0.05) is 47.3 Å². The van der Waals surface area contributed by atoms with Crippen LogP contribution in [0.2, 0.25) is 10.0 Å². The highest BCUT2D eigenvalue weighted by atomic mass is 35.5. The van der Waals surface area contributed by atoms with Crippen LogP contribution in [0.1, 0.15) is 36.9 Å². The molecule has 1 atom stereocenters. The SMILES string of the molecule is Cc1ccc2cccc(OCc3c(Cl)ccc(S(=O)(=O)N4CCC[C@H]4C(=O)NC4CCN(C(=O)CNC(=N)N)CC4)c3Cl)c2n1. The Balaban J connectivity index is 1.27. The minimum Gasteiger partial charge on any atom is -0.487 e. The molecule has 12 nitrogen and oxygen atoms in total. The van der Waals surface area contributed by atoms with Gasteiger partial charge in [-0.25, -0.2) is 13.4 Å². The van der Waals surface area contributed by atoms with Crippen molar-refractivity contribution in [3.8, 4) is 5.75 Å². The predicted molar refractivity (Wildman–Crippen MR) is 172 cm³/mol. The summed E-state index contributed by atoms with van der Waals surface area (Å²) < 4.78 is 35.1. The first-order valence-corrected chi connectivity index (χ1v) is 16.8.